The summed E-state index contributed by atoms with van der Waals surface area (Å²) in [4.78, 5) is 11.8. The maximum Gasteiger partial charge on any atom is 0.340 e. The van der Waals surface area contributed by atoms with Gasteiger partial charge in [0.05, 0.1) is 12.2 Å². The van der Waals surface area contributed by atoms with Crippen LogP contribution in [0.15, 0.2) is 12.1 Å². The molecule has 0 saturated heterocycles. The molecule has 0 atom stereocenters. The zero-order chi connectivity index (χ0) is 12.8. The molecule has 4 nitrogen and oxygen atoms in total. The zero-order valence-corrected chi connectivity index (χ0v) is 10.6. The van der Waals surface area contributed by atoms with Crippen LogP contribution in [0.1, 0.15) is 27.9 Å². The third kappa shape index (κ3) is 3.75. The van der Waals surface area contributed by atoms with Crippen LogP contribution in [-0.4, -0.2) is 26.3 Å². The number of esters is 1. The second-order valence-electron chi connectivity index (χ2n) is 4.03. The van der Waals surface area contributed by atoms with Gasteiger partial charge in [0, 0.05) is 25.8 Å². The van der Waals surface area contributed by atoms with Crippen molar-refractivity contribution >= 4 is 11.7 Å². The first-order chi connectivity index (χ1) is 8.06. The molecule has 0 bridgehead atoms. The minimum absolute atomic E-state index is 0.346. The number of aryl methyl sites for hydroxylation is 2. The molecule has 1 rings (SSSR count). The summed E-state index contributed by atoms with van der Waals surface area (Å²) in [5, 5.41) is 0. The van der Waals surface area contributed by atoms with E-state index >= 15 is 0 Å². The average molecular weight is 237 g/mol. The summed E-state index contributed by atoms with van der Waals surface area (Å²) in [7, 11) is 1.61. The fourth-order valence-corrected chi connectivity index (χ4v) is 1.59. The Hall–Kier alpha value is -1.55. The largest absolute Gasteiger partial charge is 0.462 e. The number of methoxy groups -OCH3 is 1. The summed E-state index contributed by atoms with van der Waals surface area (Å²) < 4.78 is 10.00. The molecule has 0 unspecified atom stereocenters. The summed E-state index contributed by atoms with van der Waals surface area (Å²) >= 11 is 0. The Morgan fingerprint density at radius 1 is 1.29 bits per heavy atom. The Bertz CT molecular complexity index is 402. The summed E-state index contributed by atoms with van der Waals surface area (Å²) in [6.07, 6.45) is 0.687. The van der Waals surface area contributed by atoms with Gasteiger partial charge >= 0.3 is 5.97 Å². The SMILES string of the molecule is COCCCOC(=O)c1cc(C)cc(C)c1N. The molecule has 17 heavy (non-hydrogen) atoms. The summed E-state index contributed by atoms with van der Waals surface area (Å²) in [6.45, 7) is 4.73. The van der Waals surface area contributed by atoms with E-state index in [-0.39, 0.29) is 5.97 Å². The van der Waals surface area contributed by atoms with Crippen LogP contribution < -0.4 is 5.73 Å². The number of carbonyl (C=O) groups excluding carboxylic acids is 1. The van der Waals surface area contributed by atoms with Crippen LogP contribution in [0.4, 0.5) is 5.69 Å². The van der Waals surface area contributed by atoms with E-state index < -0.39 is 0 Å². The van der Waals surface area contributed by atoms with Crippen LogP contribution in [-0.2, 0) is 9.47 Å². The molecule has 94 valence electrons. The van der Waals surface area contributed by atoms with Crippen LogP contribution in [0.5, 0.6) is 0 Å². The predicted octanol–water partition coefficient (Wildman–Crippen LogP) is 2.08. The lowest BCUT2D eigenvalue weighted by atomic mass is 10.0. The number of rotatable bonds is 5. The predicted molar refractivity (Wildman–Crippen MR) is 67.1 cm³/mol. The number of ether oxygens (including phenoxy) is 2. The number of hydrogen-bond acceptors (Lipinski definition) is 4. The molecule has 0 aliphatic carbocycles. The van der Waals surface area contributed by atoms with Gasteiger partial charge in [-0.3, -0.25) is 0 Å². The first-order valence-electron chi connectivity index (χ1n) is 5.59. The number of nitrogen functional groups attached to an aromatic ring is 1. The van der Waals surface area contributed by atoms with Gasteiger partial charge in [0.2, 0.25) is 0 Å². The fourth-order valence-electron chi connectivity index (χ4n) is 1.59. The summed E-state index contributed by atoms with van der Waals surface area (Å²) in [5.74, 6) is -0.370. The van der Waals surface area contributed by atoms with Gasteiger partial charge in [0.1, 0.15) is 0 Å². The molecule has 0 spiro atoms. The van der Waals surface area contributed by atoms with Gasteiger partial charge in [0.25, 0.3) is 0 Å². The Morgan fingerprint density at radius 2 is 2.00 bits per heavy atom. The van der Waals surface area contributed by atoms with Crippen molar-refractivity contribution in [2.24, 2.45) is 0 Å². The van der Waals surface area contributed by atoms with Crippen molar-refractivity contribution in [1.82, 2.24) is 0 Å². The number of hydrogen-bond donors (Lipinski definition) is 1. The van der Waals surface area contributed by atoms with Gasteiger partial charge in [-0.25, -0.2) is 4.79 Å². The standard InChI is InChI=1S/C13H19NO3/c1-9-7-10(2)12(14)11(8-9)13(15)17-6-4-5-16-3/h7-8H,4-6,14H2,1-3H3. The molecule has 1 aromatic carbocycles. The first-order valence-corrected chi connectivity index (χ1v) is 5.59. The molecule has 0 aliphatic heterocycles. The Balaban J connectivity index is 2.69. The number of carbonyl (C=O) groups is 1. The van der Waals surface area contributed by atoms with Gasteiger partial charge in [-0.2, -0.15) is 0 Å². The molecule has 0 aliphatic rings. The van der Waals surface area contributed by atoms with E-state index in [4.69, 9.17) is 15.2 Å². The van der Waals surface area contributed by atoms with E-state index in [1.807, 2.05) is 19.9 Å². The van der Waals surface area contributed by atoms with Crippen molar-refractivity contribution in [3.8, 4) is 0 Å². The molecule has 2 N–H and O–H groups in total. The minimum Gasteiger partial charge on any atom is -0.462 e. The number of benzene rings is 1. The van der Waals surface area contributed by atoms with Crippen molar-refractivity contribution in [3.05, 3.63) is 28.8 Å². The Labute approximate surface area is 102 Å². The van der Waals surface area contributed by atoms with Gasteiger partial charge in [-0.15, -0.1) is 0 Å². The van der Waals surface area contributed by atoms with E-state index in [1.165, 1.54) is 0 Å². The van der Waals surface area contributed by atoms with E-state index in [2.05, 4.69) is 0 Å². The van der Waals surface area contributed by atoms with Crippen LogP contribution in [0, 0.1) is 13.8 Å². The van der Waals surface area contributed by atoms with Gasteiger partial charge in [0.15, 0.2) is 0 Å². The van der Waals surface area contributed by atoms with Crippen molar-refractivity contribution in [2.45, 2.75) is 20.3 Å². The highest BCUT2D eigenvalue weighted by Crippen LogP contribution is 2.20. The molecule has 4 heteroatoms. The number of anilines is 1. The molecule has 0 radical (unpaired) electrons. The maximum atomic E-state index is 11.8. The lowest BCUT2D eigenvalue weighted by molar-refractivity contribution is 0.0469. The first kappa shape index (κ1) is 13.5. The number of nitrogens with two attached hydrogens (primary N) is 1. The fraction of sp³-hybridized carbons (Fsp3) is 0.462. The lowest BCUT2D eigenvalue weighted by Gasteiger charge is -2.10. The summed E-state index contributed by atoms with van der Waals surface area (Å²) in [6, 6.07) is 3.69. The quantitative estimate of drug-likeness (QED) is 0.484. The normalized spacial score (nSPS) is 10.3. The van der Waals surface area contributed by atoms with Crippen molar-refractivity contribution in [1.29, 1.82) is 0 Å². The van der Waals surface area contributed by atoms with Crippen LogP contribution >= 0.6 is 0 Å². The van der Waals surface area contributed by atoms with Crippen molar-refractivity contribution in [2.75, 3.05) is 26.1 Å². The molecule has 0 fully saturated rings. The van der Waals surface area contributed by atoms with Gasteiger partial charge in [-0.1, -0.05) is 6.07 Å². The van der Waals surface area contributed by atoms with E-state index in [1.54, 1.807) is 13.2 Å². The second-order valence-corrected chi connectivity index (χ2v) is 4.03. The molecular weight excluding hydrogens is 218 g/mol. The Kier molecular flexibility index (Phi) is 4.97. The van der Waals surface area contributed by atoms with Crippen molar-refractivity contribution < 1.29 is 14.3 Å². The highest BCUT2D eigenvalue weighted by atomic mass is 16.5. The topological polar surface area (TPSA) is 61.5 Å². The molecule has 0 saturated carbocycles. The zero-order valence-electron chi connectivity index (χ0n) is 10.6. The molecule has 1 aromatic rings. The van der Waals surface area contributed by atoms with Crippen molar-refractivity contribution in [3.63, 3.8) is 0 Å². The van der Waals surface area contributed by atoms with E-state index in [0.717, 1.165) is 11.1 Å². The average Bonchev–Trinajstić information content (AvgIpc) is 2.29. The van der Waals surface area contributed by atoms with E-state index in [0.29, 0.717) is 30.9 Å². The third-order valence-electron chi connectivity index (χ3n) is 2.48. The van der Waals surface area contributed by atoms with Crippen LogP contribution in [0.25, 0.3) is 0 Å². The molecule has 0 aromatic heterocycles. The summed E-state index contributed by atoms with van der Waals surface area (Å²) in [5.41, 5.74) is 8.69. The van der Waals surface area contributed by atoms with E-state index in [9.17, 15) is 4.79 Å². The van der Waals surface area contributed by atoms with Crippen LogP contribution in [0.3, 0.4) is 0 Å². The highest BCUT2D eigenvalue weighted by Gasteiger charge is 2.13. The lowest BCUT2D eigenvalue weighted by Crippen LogP contribution is -2.11. The van der Waals surface area contributed by atoms with Crippen LogP contribution in [0.2, 0.25) is 0 Å². The van der Waals surface area contributed by atoms with Gasteiger partial charge < -0.3 is 15.2 Å². The molecular formula is C13H19NO3. The molecule has 0 heterocycles. The Morgan fingerprint density at radius 3 is 2.65 bits per heavy atom. The van der Waals surface area contributed by atoms with Gasteiger partial charge in [-0.05, 0) is 31.0 Å². The highest BCUT2D eigenvalue weighted by molar-refractivity contribution is 5.96. The second kappa shape index (κ2) is 6.25. The third-order valence-corrected chi connectivity index (χ3v) is 2.48. The minimum atomic E-state index is -0.370. The molecule has 0 amide bonds. The monoisotopic (exact) mass is 237 g/mol. The maximum absolute atomic E-state index is 11.8. The smallest absolute Gasteiger partial charge is 0.340 e.